The van der Waals surface area contributed by atoms with E-state index < -0.39 is 15.7 Å². The summed E-state index contributed by atoms with van der Waals surface area (Å²) < 4.78 is 52.4. The number of halogens is 3. The summed E-state index contributed by atoms with van der Waals surface area (Å²) in [6.07, 6.45) is 1.75. The van der Waals surface area contributed by atoms with Gasteiger partial charge in [0.2, 0.25) is 0 Å². The highest BCUT2D eigenvalue weighted by atomic mass is 127. The zero-order valence-corrected chi connectivity index (χ0v) is 19.1. The molecule has 9 heteroatoms. The molecule has 1 aliphatic carbocycles. The van der Waals surface area contributed by atoms with E-state index in [1.54, 1.807) is 19.2 Å². The van der Waals surface area contributed by atoms with Gasteiger partial charge in [-0.25, -0.2) is 17.2 Å². The van der Waals surface area contributed by atoms with Crippen LogP contribution in [0.3, 0.4) is 0 Å². The van der Waals surface area contributed by atoms with Gasteiger partial charge in [0, 0.05) is 25.6 Å². The molecule has 5 nitrogen and oxygen atoms in total. The molecule has 0 saturated heterocycles. The molecule has 0 unspecified atom stereocenters. The van der Waals surface area contributed by atoms with Crippen LogP contribution in [0.5, 0.6) is 0 Å². The highest BCUT2D eigenvalue weighted by Gasteiger charge is 2.45. The Morgan fingerprint density at radius 3 is 2.24 bits per heavy atom. The van der Waals surface area contributed by atoms with E-state index in [0.29, 0.717) is 18.1 Å². The van der Waals surface area contributed by atoms with Crippen LogP contribution in [0.4, 0.5) is 8.78 Å². The number of hydrogen-bond acceptors (Lipinski definition) is 3. The van der Waals surface area contributed by atoms with Gasteiger partial charge < -0.3 is 10.6 Å². The van der Waals surface area contributed by atoms with Crippen molar-refractivity contribution in [1.29, 1.82) is 0 Å². The summed E-state index contributed by atoms with van der Waals surface area (Å²) in [6.45, 7) is 0.566. The number of nitrogens with one attached hydrogen (secondary N) is 2. The SMILES string of the molecule is CN=C(NCCS(=O)(=O)c1ccccc1F)NCC1(c2ccccc2F)CC1.I. The summed E-state index contributed by atoms with van der Waals surface area (Å²) in [5.41, 5.74) is 0.419. The Morgan fingerprint density at radius 1 is 1.03 bits per heavy atom. The first kappa shape index (κ1) is 23.5. The molecule has 0 spiro atoms. The van der Waals surface area contributed by atoms with Gasteiger partial charge in [-0.3, -0.25) is 4.99 Å². The average Bonchev–Trinajstić information content (AvgIpc) is 3.46. The van der Waals surface area contributed by atoms with Gasteiger partial charge in [-0.2, -0.15) is 0 Å². The van der Waals surface area contributed by atoms with Crippen molar-refractivity contribution in [3.63, 3.8) is 0 Å². The number of hydrogen-bond donors (Lipinski definition) is 2. The smallest absolute Gasteiger partial charge is 0.191 e. The number of nitrogens with zero attached hydrogens (tertiary/aromatic N) is 1. The summed E-state index contributed by atoms with van der Waals surface area (Å²) in [7, 11) is -2.17. The van der Waals surface area contributed by atoms with E-state index in [2.05, 4.69) is 15.6 Å². The lowest BCUT2D eigenvalue weighted by Crippen LogP contribution is -2.43. The largest absolute Gasteiger partial charge is 0.356 e. The van der Waals surface area contributed by atoms with Gasteiger partial charge in [-0.15, -0.1) is 24.0 Å². The maximum absolute atomic E-state index is 14.1. The monoisotopic (exact) mass is 535 g/mol. The molecule has 1 fully saturated rings. The fourth-order valence-corrected chi connectivity index (χ4v) is 4.41. The second-order valence-electron chi connectivity index (χ2n) is 6.86. The number of aliphatic imine (C=N–C) groups is 1. The molecule has 3 rings (SSSR count). The molecule has 0 atom stereocenters. The number of rotatable bonds is 7. The third-order valence-corrected chi connectivity index (χ3v) is 6.69. The van der Waals surface area contributed by atoms with Crippen molar-refractivity contribution < 1.29 is 17.2 Å². The summed E-state index contributed by atoms with van der Waals surface area (Å²) in [5.74, 6) is -0.828. The Labute approximate surface area is 186 Å². The standard InChI is InChI=1S/C20H23F2N3O2S.HI/c1-23-19(24-12-13-28(26,27)18-9-5-4-8-17(18)22)25-14-20(10-11-20)15-6-2-3-7-16(15)21;/h2-9H,10-14H2,1H3,(H2,23,24,25);1H. The first-order valence-corrected chi connectivity index (χ1v) is 10.7. The maximum atomic E-state index is 14.1. The minimum absolute atomic E-state index is 0. The molecule has 0 bridgehead atoms. The third-order valence-electron chi connectivity index (χ3n) is 4.95. The van der Waals surface area contributed by atoms with E-state index in [4.69, 9.17) is 0 Å². The van der Waals surface area contributed by atoms with Gasteiger partial charge in [-0.05, 0) is 36.6 Å². The molecule has 0 heterocycles. The number of benzene rings is 2. The first-order valence-electron chi connectivity index (χ1n) is 9.05. The predicted molar refractivity (Wildman–Crippen MR) is 121 cm³/mol. The third kappa shape index (κ3) is 5.65. The van der Waals surface area contributed by atoms with Crippen LogP contribution in [0.2, 0.25) is 0 Å². The van der Waals surface area contributed by atoms with Crippen molar-refractivity contribution >= 4 is 39.8 Å². The quantitative estimate of drug-likeness (QED) is 0.325. The minimum Gasteiger partial charge on any atom is -0.356 e. The highest BCUT2D eigenvalue weighted by Crippen LogP contribution is 2.48. The van der Waals surface area contributed by atoms with Crippen LogP contribution in [0, 0.1) is 11.6 Å². The molecule has 1 aliphatic rings. The Hall–Kier alpha value is -1.75. The topological polar surface area (TPSA) is 70.6 Å². The van der Waals surface area contributed by atoms with Crippen molar-refractivity contribution in [3.8, 4) is 0 Å². The van der Waals surface area contributed by atoms with Crippen LogP contribution in [0.1, 0.15) is 18.4 Å². The lowest BCUT2D eigenvalue weighted by molar-refractivity contribution is 0.558. The van der Waals surface area contributed by atoms with Gasteiger partial charge in [-0.1, -0.05) is 30.3 Å². The zero-order chi connectivity index (χ0) is 20.2. The Bertz CT molecular complexity index is 979. The van der Waals surface area contributed by atoms with Gasteiger partial charge >= 0.3 is 0 Å². The average molecular weight is 535 g/mol. The lowest BCUT2D eigenvalue weighted by atomic mass is 9.95. The fraction of sp³-hybridized carbons (Fsp3) is 0.350. The zero-order valence-electron chi connectivity index (χ0n) is 16.0. The Morgan fingerprint density at radius 2 is 1.66 bits per heavy atom. The molecule has 2 N–H and O–H groups in total. The summed E-state index contributed by atoms with van der Waals surface area (Å²) in [6, 6.07) is 12.0. The highest BCUT2D eigenvalue weighted by molar-refractivity contribution is 14.0. The molecule has 2 aromatic carbocycles. The summed E-state index contributed by atoms with van der Waals surface area (Å²) in [5, 5.41) is 6.06. The molecule has 29 heavy (non-hydrogen) atoms. The van der Waals surface area contributed by atoms with Crippen LogP contribution in [-0.4, -0.2) is 40.3 Å². The number of sulfone groups is 1. The molecule has 1 saturated carbocycles. The van der Waals surface area contributed by atoms with Crippen molar-refractivity contribution in [2.75, 3.05) is 25.9 Å². The van der Waals surface area contributed by atoms with Crippen LogP contribution in [-0.2, 0) is 15.3 Å². The van der Waals surface area contributed by atoms with Gasteiger partial charge in [0.25, 0.3) is 0 Å². The second kappa shape index (κ2) is 9.84. The van der Waals surface area contributed by atoms with Crippen molar-refractivity contribution in [1.82, 2.24) is 10.6 Å². The predicted octanol–water partition coefficient (Wildman–Crippen LogP) is 3.25. The van der Waals surface area contributed by atoms with Crippen LogP contribution < -0.4 is 10.6 Å². The van der Waals surface area contributed by atoms with E-state index in [9.17, 15) is 17.2 Å². The fourth-order valence-electron chi connectivity index (χ4n) is 3.17. The molecule has 0 amide bonds. The van der Waals surface area contributed by atoms with E-state index in [0.717, 1.165) is 18.9 Å². The minimum atomic E-state index is -3.74. The molecular weight excluding hydrogens is 511 g/mol. The molecule has 0 aliphatic heterocycles. The van der Waals surface area contributed by atoms with Gasteiger partial charge in [0.05, 0.1) is 5.75 Å². The number of guanidine groups is 1. The summed E-state index contributed by atoms with van der Waals surface area (Å²) in [4.78, 5) is 3.77. The van der Waals surface area contributed by atoms with E-state index >= 15 is 0 Å². The molecule has 158 valence electrons. The van der Waals surface area contributed by atoms with Crippen molar-refractivity contribution in [2.45, 2.75) is 23.2 Å². The summed E-state index contributed by atoms with van der Waals surface area (Å²) >= 11 is 0. The molecular formula is C20H24F2IN3O2S. The van der Waals surface area contributed by atoms with E-state index in [1.165, 1.54) is 24.3 Å². The lowest BCUT2D eigenvalue weighted by Gasteiger charge is -2.19. The molecule has 0 radical (unpaired) electrons. The normalized spacial score (nSPS) is 15.3. The second-order valence-corrected chi connectivity index (χ2v) is 8.94. The first-order chi connectivity index (χ1) is 13.4. The van der Waals surface area contributed by atoms with Crippen LogP contribution in [0.15, 0.2) is 58.4 Å². The Balaban J connectivity index is 0.00000300. The van der Waals surface area contributed by atoms with E-state index in [1.807, 2.05) is 6.07 Å². The molecule has 0 aromatic heterocycles. The van der Waals surface area contributed by atoms with Crippen molar-refractivity contribution in [3.05, 3.63) is 65.7 Å². The van der Waals surface area contributed by atoms with Crippen LogP contribution in [0.25, 0.3) is 0 Å². The van der Waals surface area contributed by atoms with Gasteiger partial charge in [0.1, 0.15) is 16.5 Å². The van der Waals surface area contributed by atoms with E-state index in [-0.39, 0.29) is 52.4 Å². The Kier molecular flexibility index (Phi) is 7.98. The van der Waals surface area contributed by atoms with Gasteiger partial charge in [0.15, 0.2) is 15.8 Å². The van der Waals surface area contributed by atoms with Crippen LogP contribution >= 0.6 is 24.0 Å². The molecule has 2 aromatic rings. The van der Waals surface area contributed by atoms with Crippen molar-refractivity contribution in [2.24, 2.45) is 4.99 Å². The maximum Gasteiger partial charge on any atom is 0.191 e.